The molecule has 0 fully saturated rings. The Hall–Kier alpha value is -3.13. The Morgan fingerprint density at radius 3 is 2.21 bits per heavy atom. The van der Waals surface area contributed by atoms with Gasteiger partial charge in [0.25, 0.3) is 0 Å². The lowest BCUT2D eigenvalue weighted by molar-refractivity contribution is 0.552. The highest BCUT2D eigenvalue weighted by Crippen LogP contribution is 2.19. The number of fused-ring (bicyclic) bond motifs is 1. The first-order valence-corrected chi connectivity index (χ1v) is 11.9. The molecule has 0 spiro atoms. The van der Waals surface area contributed by atoms with Gasteiger partial charge >= 0.3 is 5.63 Å². The fraction of sp³-hybridized carbons (Fsp3) is 0.323. The average molecular weight is 441 g/mol. The molecule has 0 aliphatic heterocycles. The number of rotatable bonds is 10. The summed E-state index contributed by atoms with van der Waals surface area (Å²) in [5.41, 5.74) is 7.66. The zero-order chi connectivity index (χ0) is 23.6. The molecule has 0 aliphatic carbocycles. The standard InChI is InChI=1S/C31H36O2/c1-23(2)10-8-11-24(3)12-9-13-25(4)16-18-29-22-28-19-17-27(21-30(28)33-31(29)32)20-26-14-6-5-7-15-26/h5-7,10,12,14-17,19,21-22H,8-9,11,13,18,20H2,1-4H3/b24-12-,25-16+. The molecular weight excluding hydrogens is 404 g/mol. The Morgan fingerprint density at radius 2 is 1.48 bits per heavy atom. The second-order valence-corrected chi connectivity index (χ2v) is 9.26. The van der Waals surface area contributed by atoms with E-state index in [9.17, 15) is 4.79 Å². The Kier molecular flexibility index (Phi) is 9.06. The summed E-state index contributed by atoms with van der Waals surface area (Å²) in [5.74, 6) is 0. The maximum Gasteiger partial charge on any atom is 0.339 e. The van der Waals surface area contributed by atoms with Crippen molar-refractivity contribution in [3.05, 3.63) is 117 Å². The summed E-state index contributed by atoms with van der Waals surface area (Å²) in [6, 6.07) is 18.5. The minimum atomic E-state index is -0.238. The smallest absolute Gasteiger partial charge is 0.339 e. The van der Waals surface area contributed by atoms with E-state index in [0.29, 0.717) is 17.6 Å². The SMILES string of the molecule is CC(C)=CCC/C(C)=C\CC/C(C)=C/Cc1cc2ccc(Cc3ccccc3)cc2oc1=O. The summed E-state index contributed by atoms with van der Waals surface area (Å²) in [6.07, 6.45) is 12.5. The van der Waals surface area contributed by atoms with Crippen molar-refractivity contribution in [3.8, 4) is 0 Å². The van der Waals surface area contributed by atoms with E-state index in [2.05, 4.69) is 70.2 Å². The lowest BCUT2D eigenvalue weighted by Gasteiger charge is -2.05. The van der Waals surface area contributed by atoms with Gasteiger partial charge in [-0.05, 0) is 89.5 Å². The summed E-state index contributed by atoms with van der Waals surface area (Å²) >= 11 is 0. The maximum atomic E-state index is 12.6. The lowest BCUT2D eigenvalue weighted by atomic mass is 10.0. The Bertz CT molecular complexity index is 1200. The molecule has 0 N–H and O–H groups in total. The Morgan fingerprint density at radius 1 is 0.788 bits per heavy atom. The lowest BCUT2D eigenvalue weighted by Crippen LogP contribution is -2.06. The van der Waals surface area contributed by atoms with Crippen LogP contribution in [-0.4, -0.2) is 0 Å². The van der Waals surface area contributed by atoms with Gasteiger partial charge in [-0.2, -0.15) is 0 Å². The quantitative estimate of drug-likeness (QED) is 0.234. The molecular formula is C31H36O2. The molecule has 0 aliphatic rings. The van der Waals surface area contributed by atoms with Gasteiger partial charge in [-0.1, -0.05) is 77.4 Å². The van der Waals surface area contributed by atoms with Gasteiger partial charge < -0.3 is 4.42 Å². The van der Waals surface area contributed by atoms with Crippen LogP contribution >= 0.6 is 0 Å². The fourth-order valence-corrected chi connectivity index (χ4v) is 3.91. The third kappa shape index (κ3) is 8.05. The summed E-state index contributed by atoms with van der Waals surface area (Å²) in [5, 5.41) is 0.974. The third-order valence-electron chi connectivity index (χ3n) is 5.92. The highest BCUT2D eigenvalue weighted by atomic mass is 16.4. The molecule has 2 heteroatoms. The van der Waals surface area contributed by atoms with Gasteiger partial charge in [-0.15, -0.1) is 0 Å². The van der Waals surface area contributed by atoms with Crippen molar-refractivity contribution in [3.63, 3.8) is 0 Å². The van der Waals surface area contributed by atoms with Crippen molar-refractivity contribution in [2.24, 2.45) is 0 Å². The highest BCUT2D eigenvalue weighted by Gasteiger charge is 2.06. The van der Waals surface area contributed by atoms with Crippen LogP contribution in [0.2, 0.25) is 0 Å². The summed E-state index contributed by atoms with van der Waals surface area (Å²) in [6.45, 7) is 8.65. The molecule has 0 saturated carbocycles. The zero-order valence-corrected chi connectivity index (χ0v) is 20.5. The van der Waals surface area contributed by atoms with Gasteiger partial charge in [0, 0.05) is 10.9 Å². The van der Waals surface area contributed by atoms with Crippen LogP contribution in [-0.2, 0) is 12.8 Å². The zero-order valence-electron chi connectivity index (χ0n) is 20.5. The van der Waals surface area contributed by atoms with Crippen LogP contribution in [0, 0.1) is 0 Å². The van der Waals surface area contributed by atoms with Gasteiger partial charge in [0.05, 0.1) is 0 Å². The van der Waals surface area contributed by atoms with E-state index in [1.54, 1.807) is 0 Å². The summed E-state index contributed by atoms with van der Waals surface area (Å²) in [4.78, 5) is 12.6. The average Bonchev–Trinajstić information content (AvgIpc) is 2.78. The molecule has 3 rings (SSSR count). The molecule has 1 aromatic heterocycles. The molecule has 1 heterocycles. The molecule has 2 aromatic carbocycles. The van der Waals surface area contributed by atoms with E-state index in [1.165, 1.54) is 22.3 Å². The van der Waals surface area contributed by atoms with Crippen molar-refractivity contribution in [2.45, 2.75) is 66.2 Å². The Labute approximate surface area is 198 Å². The van der Waals surface area contributed by atoms with Crippen LogP contribution in [0.3, 0.4) is 0 Å². The predicted molar refractivity (Wildman–Crippen MR) is 141 cm³/mol. The van der Waals surface area contributed by atoms with Crippen LogP contribution in [0.5, 0.6) is 0 Å². The molecule has 0 amide bonds. The topological polar surface area (TPSA) is 30.2 Å². The number of hydrogen-bond acceptors (Lipinski definition) is 2. The van der Waals surface area contributed by atoms with Gasteiger partial charge in [-0.3, -0.25) is 0 Å². The fourth-order valence-electron chi connectivity index (χ4n) is 3.91. The predicted octanol–water partition coefficient (Wildman–Crippen LogP) is 8.35. The molecule has 33 heavy (non-hydrogen) atoms. The van der Waals surface area contributed by atoms with Crippen LogP contribution in [0.25, 0.3) is 11.0 Å². The minimum Gasteiger partial charge on any atom is -0.423 e. The van der Waals surface area contributed by atoms with Crippen molar-refractivity contribution in [1.29, 1.82) is 0 Å². The number of hydrogen-bond donors (Lipinski definition) is 0. The van der Waals surface area contributed by atoms with Gasteiger partial charge in [0.15, 0.2) is 0 Å². The first-order valence-electron chi connectivity index (χ1n) is 11.9. The minimum absolute atomic E-state index is 0.238. The molecule has 0 bridgehead atoms. The Balaban J connectivity index is 1.60. The molecule has 0 radical (unpaired) electrons. The summed E-state index contributed by atoms with van der Waals surface area (Å²) < 4.78 is 5.67. The van der Waals surface area contributed by atoms with E-state index in [1.807, 2.05) is 30.3 Å². The third-order valence-corrected chi connectivity index (χ3v) is 5.92. The second-order valence-electron chi connectivity index (χ2n) is 9.26. The van der Waals surface area contributed by atoms with Crippen LogP contribution in [0.4, 0.5) is 0 Å². The number of benzene rings is 2. The maximum absolute atomic E-state index is 12.6. The normalized spacial score (nSPS) is 12.2. The van der Waals surface area contributed by atoms with Gasteiger partial charge in [-0.25, -0.2) is 4.79 Å². The number of allylic oxidation sites excluding steroid dienone is 6. The molecule has 2 nitrogen and oxygen atoms in total. The molecule has 0 unspecified atom stereocenters. The first kappa shape index (κ1) is 24.5. The van der Waals surface area contributed by atoms with Crippen LogP contribution < -0.4 is 5.63 Å². The van der Waals surface area contributed by atoms with Crippen molar-refractivity contribution in [2.75, 3.05) is 0 Å². The van der Waals surface area contributed by atoms with E-state index in [0.717, 1.165) is 43.1 Å². The van der Waals surface area contributed by atoms with Crippen molar-refractivity contribution >= 4 is 11.0 Å². The molecule has 3 aromatic rings. The summed E-state index contributed by atoms with van der Waals surface area (Å²) in [7, 11) is 0. The van der Waals surface area contributed by atoms with Crippen molar-refractivity contribution < 1.29 is 4.42 Å². The van der Waals surface area contributed by atoms with E-state index < -0.39 is 0 Å². The molecule has 0 saturated heterocycles. The largest absolute Gasteiger partial charge is 0.423 e. The van der Waals surface area contributed by atoms with E-state index in [-0.39, 0.29) is 5.63 Å². The monoisotopic (exact) mass is 440 g/mol. The van der Waals surface area contributed by atoms with Crippen molar-refractivity contribution in [1.82, 2.24) is 0 Å². The molecule has 0 atom stereocenters. The highest BCUT2D eigenvalue weighted by molar-refractivity contribution is 5.77. The van der Waals surface area contributed by atoms with Gasteiger partial charge in [0.1, 0.15) is 5.58 Å². The van der Waals surface area contributed by atoms with E-state index >= 15 is 0 Å². The first-order chi connectivity index (χ1) is 15.9. The second kappa shape index (κ2) is 12.2. The van der Waals surface area contributed by atoms with Gasteiger partial charge in [0.2, 0.25) is 0 Å². The van der Waals surface area contributed by atoms with E-state index in [4.69, 9.17) is 4.42 Å². The van der Waals surface area contributed by atoms with Crippen LogP contribution in [0.1, 0.15) is 70.1 Å². The van der Waals surface area contributed by atoms with Crippen LogP contribution in [0.15, 0.2) is 98.8 Å². The molecule has 172 valence electrons.